The molecule has 6 heteroatoms. The second-order valence-electron chi connectivity index (χ2n) is 8.34. The van der Waals surface area contributed by atoms with Crippen molar-refractivity contribution in [3.8, 4) is 0 Å². The summed E-state index contributed by atoms with van der Waals surface area (Å²) in [6.45, 7) is 3.22. The number of nitrogens with zero attached hydrogens (tertiary/aromatic N) is 4. The monoisotopic (exact) mass is 368 g/mol. The van der Waals surface area contributed by atoms with Crippen LogP contribution in [-0.4, -0.2) is 58.0 Å². The fourth-order valence-electron chi connectivity index (χ4n) is 4.84. The molecule has 27 heavy (non-hydrogen) atoms. The lowest BCUT2D eigenvalue weighted by atomic mass is 9.65. The van der Waals surface area contributed by atoms with Crippen molar-refractivity contribution in [1.29, 1.82) is 0 Å². The molecule has 0 N–H and O–H groups in total. The molecular formula is C21H28N4O2. The molecule has 0 bridgehead atoms. The fraction of sp³-hybridized carbons (Fsp3) is 0.619. The Morgan fingerprint density at radius 3 is 2.33 bits per heavy atom. The third kappa shape index (κ3) is 4.04. The maximum Gasteiger partial charge on any atom is 0.255 e. The Morgan fingerprint density at radius 2 is 1.70 bits per heavy atom. The molecule has 4 rings (SSSR count). The zero-order valence-corrected chi connectivity index (χ0v) is 15.8. The summed E-state index contributed by atoms with van der Waals surface area (Å²) in [4.78, 5) is 28.9. The van der Waals surface area contributed by atoms with Crippen LogP contribution in [0.2, 0.25) is 0 Å². The Balaban J connectivity index is 1.25. The van der Waals surface area contributed by atoms with E-state index in [1.165, 1.54) is 12.8 Å². The smallest absolute Gasteiger partial charge is 0.255 e. The van der Waals surface area contributed by atoms with Gasteiger partial charge in [-0.25, -0.2) is 0 Å². The van der Waals surface area contributed by atoms with E-state index < -0.39 is 0 Å². The molecule has 3 aliphatic rings. The first-order valence-corrected chi connectivity index (χ1v) is 10.1. The number of piperidine rings is 1. The van der Waals surface area contributed by atoms with Crippen molar-refractivity contribution < 1.29 is 9.59 Å². The number of carbonyl (C=O) groups is 2. The van der Waals surface area contributed by atoms with Crippen LogP contribution in [0.15, 0.2) is 30.6 Å². The second kappa shape index (κ2) is 7.79. The van der Waals surface area contributed by atoms with E-state index >= 15 is 0 Å². The second-order valence-corrected chi connectivity index (χ2v) is 8.34. The Kier molecular flexibility index (Phi) is 5.23. The number of amides is 2. The van der Waals surface area contributed by atoms with Gasteiger partial charge in [-0.05, 0) is 55.9 Å². The van der Waals surface area contributed by atoms with Crippen molar-refractivity contribution in [2.24, 2.45) is 11.3 Å². The first kappa shape index (κ1) is 18.1. The van der Waals surface area contributed by atoms with Crippen LogP contribution in [0.1, 0.15) is 55.3 Å². The van der Waals surface area contributed by atoms with Gasteiger partial charge < -0.3 is 9.80 Å². The summed E-state index contributed by atoms with van der Waals surface area (Å²) in [6.07, 6.45) is 14.8. The van der Waals surface area contributed by atoms with Crippen molar-refractivity contribution in [2.75, 3.05) is 26.2 Å². The van der Waals surface area contributed by atoms with E-state index in [-0.39, 0.29) is 5.91 Å². The van der Waals surface area contributed by atoms with Gasteiger partial charge in [0.05, 0.1) is 18.0 Å². The summed E-state index contributed by atoms with van der Waals surface area (Å²) in [5.41, 5.74) is 1.00. The van der Waals surface area contributed by atoms with Crippen LogP contribution in [0.5, 0.6) is 0 Å². The minimum Gasteiger partial charge on any atom is -0.339 e. The summed E-state index contributed by atoms with van der Waals surface area (Å²) in [5, 5.41) is 7.55. The molecule has 2 amide bonds. The minimum atomic E-state index is 0.0678. The lowest BCUT2D eigenvalue weighted by Crippen LogP contribution is -2.44. The van der Waals surface area contributed by atoms with Gasteiger partial charge in [0.1, 0.15) is 0 Å². The van der Waals surface area contributed by atoms with Crippen LogP contribution >= 0.6 is 0 Å². The van der Waals surface area contributed by atoms with Gasteiger partial charge in [-0.3, -0.25) is 9.59 Å². The van der Waals surface area contributed by atoms with Gasteiger partial charge in [-0.2, -0.15) is 10.2 Å². The number of aromatic nitrogens is 2. The lowest BCUT2D eigenvalue weighted by molar-refractivity contribution is -0.131. The average Bonchev–Trinajstić information content (AvgIpc) is 3.26. The molecule has 1 aromatic heterocycles. The molecule has 1 saturated carbocycles. The van der Waals surface area contributed by atoms with E-state index in [1.54, 1.807) is 18.5 Å². The Bertz CT molecular complexity index is 692. The van der Waals surface area contributed by atoms with Crippen LogP contribution in [0.3, 0.4) is 0 Å². The lowest BCUT2D eigenvalue weighted by Gasteiger charge is -2.46. The quantitative estimate of drug-likeness (QED) is 0.770. The first-order chi connectivity index (χ1) is 13.2. The van der Waals surface area contributed by atoms with E-state index in [9.17, 15) is 9.59 Å². The standard InChI is InChI=1S/C21H28N4O2/c26-19(24-11-1-2-12-24)15-17-3-6-21(7-4-17)8-13-25(14-9-21)20(27)18-5-10-22-23-16-18/h1-2,5,10,16-17H,3-4,6-9,11-15H2. The van der Waals surface area contributed by atoms with Crippen LogP contribution in [0.25, 0.3) is 0 Å². The normalized spacial score (nSPS) is 22.4. The number of likely N-dealkylation sites (tertiary alicyclic amines) is 1. The van der Waals surface area contributed by atoms with Gasteiger partial charge in [-0.1, -0.05) is 12.2 Å². The van der Waals surface area contributed by atoms with Gasteiger partial charge in [0.2, 0.25) is 5.91 Å². The molecule has 1 saturated heterocycles. The SMILES string of the molecule is O=C(CC1CCC2(CC1)CCN(C(=O)c1ccnnc1)CC2)N1CC=CC1. The molecule has 144 valence electrons. The van der Waals surface area contributed by atoms with Gasteiger partial charge in [-0.15, -0.1) is 0 Å². The van der Waals surface area contributed by atoms with Gasteiger partial charge in [0.25, 0.3) is 5.91 Å². The van der Waals surface area contributed by atoms with E-state index in [0.29, 0.717) is 29.2 Å². The largest absolute Gasteiger partial charge is 0.339 e. The van der Waals surface area contributed by atoms with Crippen molar-refractivity contribution in [3.05, 3.63) is 36.2 Å². The number of carbonyl (C=O) groups excluding carboxylic acids is 2. The maximum atomic E-state index is 12.6. The van der Waals surface area contributed by atoms with Gasteiger partial charge in [0, 0.05) is 32.6 Å². The molecule has 0 unspecified atom stereocenters. The van der Waals surface area contributed by atoms with Gasteiger partial charge in [0.15, 0.2) is 0 Å². The zero-order valence-electron chi connectivity index (χ0n) is 15.8. The summed E-state index contributed by atoms with van der Waals surface area (Å²) in [6, 6.07) is 1.73. The van der Waals surface area contributed by atoms with E-state index in [1.807, 2.05) is 9.80 Å². The third-order valence-electron chi connectivity index (χ3n) is 6.74. The van der Waals surface area contributed by atoms with Gasteiger partial charge >= 0.3 is 0 Å². The summed E-state index contributed by atoms with van der Waals surface area (Å²) < 4.78 is 0. The van der Waals surface area contributed by atoms with Crippen molar-refractivity contribution in [1.82, 2.24) is 20.0 Å². The van der Waals surface area contributed by atoms with Crippen LogP contribution in [0.4, 0.5) is 0 Å². The molecule has 0 radical (unpaired) electrons. The van der Waals surface area contributed by atoms with Crippen LogP contribution in [-0.2, 0) is 4.79 Å². The minimum absolute atomic E-state index is 0.0678. The first-order valence-electron chi connectivity index (χ1n) is 10.1. The highest BCUT2D eigenvalue weighted by Crippen LogP contribution is 2.47. The Hall–Kier alpha value is -2.24. The van der Waals surface area contributed by atoms with Crippen LogP contribution in [0, 0.1) is 11.3 Å². The summed E-state index contributed by atoms with van der Waals surface area (Å²) >= 11 is 0. The highest BCUT2D eigenvalue weighted by molar-refractivity contribution is 5.93. The summed E-state index contributed by atoms with van der Waals surface area (Å²) in [7, 11) is 0. The zero-order chi connectivity index (χ0) is 18.7. The predicted molar refractivity (Wildman–Crippen MR) is 102 cm³/mol. The molecule has 1 aromatic rings. The van der Waals surface area contributed by atoms with E-state index in [4.69, 9.17) is 0 Å². The maximum absolute atomic E-state index is 12.6. The van der Waals surface area contributed by atoms with Crippen molar-refractivity contribution >= 4 is 11.8 Å². The predicted octanol–water partition coefficient (Wildman–Crippen LogP) is 2.68. The van der Waals surface area contributed by atoms with E-state index in [0.717, 1.165) is 51.9 Å². The topological polar surface area (TPSA) is 66.4 Å². The third-order valence-corrected chi connectivity index (χ3v) is 6.74. The number of hydrogen-bond acceptors (Lipinski definition) is 4. The molecule has 1 aliphatic carbocycles. The molecule has 2 fully saturated rings. The van der Waals surface area contributed by atoms with Crippen molar-refractivity contribution in [3.63, 3.8) is 0 Å². The molecule has 6 nitrogen and oxygen atoms in total. The Labute approximate surface area is 160 Å². The molecule has 0 aromatic carbocycles. The number of rotatable bonds is 3. The highest BCUT2D eigenvalue weighted by Gasteiger charge is 2.39. The molecule has 0 atom stereocenters. The fourth-order valence-corrected chi connectivity index (χ4v) is 4.84. The highest BCUT2D eigenvalue weighted by atomic mass is 16.2. The van der Waals surface area contributed by atoms with Crippen molar-refractivity contribution in [2.45, 2.75) is 44.9 Å². The Morgan fingerprint density at radius 1 is 1.00 bits per heavy atom. The number of hydrogen-bond donors (Lipinski definition) is 0. The molecule has 1 spiro atoms. The molecular weight excluding hydrogens is 340 g/mol. The molecule has 2 aliphatic heterocycles. The average molecular weight is 368 g/mol. The van der Waals surface area contributed by atoms with E-state index in [2.05, 4.69) is 22.3 Å². The van der Waals surface area contributed by atoms with Crippen LogP contribution < -0.4 is 0 Å². The molecule has 3 heterocycles. The summed E-state index contributed by atoms with van der Waals surface area (Å²) in [5.74, 6) is 0.914.